The average Bonchev–Trinajstić information content (AvgIpc) is 2.45. The number of aromatic nitrogens is 1. The van der Waals surface area contributed by atoms with Gasteiger partial charge in [0.15, 0.2) is 5.78 Å². The highest BCUT2D eigenvalue weighted by Gasteiger charge is 2.16. The maximum absolute atomic E-state index is 12.6. The zero-order valence-electron chi connectivity index (χ0n) is 12.1. The highest BCUT2D eigenvalue weighted by Crippen LogP contribution is 2.22. The summed E-state index contributed by atoms with van der Waals surface area (Å²) in [6, 6.07) is 11.0. The smallest absolute Gasteiger partial charge is 0.198 e. The number of nitrogens with zero attached hydrogens (tertiary/aromatic N) is 1. The van der Waals surface area contributed by atoms with Crippen molar-refractivity contribution in [2.45, 2.75) is 27.2 Å². The SMILES string of the molecule is CCCOc1ccccc1C(=O)c1ccc(C)nc1C. The maximum Gasteiger partial charge on any atom is 0.198 e. The molecule has 0 radical (unpaired) electrons. The first-order valence-corrected chi connectivity index (χ1v) is 6.84. The van der Waals surface area contributed by atoms with Crippen LogP contribution in [0.2, 0.25) is 0 Å². The minimum Gasteiger partial charge on any atom is -0.493 e. The van der Waals surface area contributed by atoms with Crippen molar-refractivity contribution in [2.75, 3.05) is 6.61 Å². The van der Waals surface area contributed by atoms with Gasteiger partial charge in [-0.15, -0.1) is 0 Å². The largest absolute Gasteiger partial charge is 0.493 e. The van der Waals surface area contributed by atoms with Crippen molar-refractivity contribution in [3.05, 3.63) is 58.9 Å². The third kappa shape index (κ3) is 3.05. The van der Waals surface area contributed by atoms with Gasteiger partial charge in [-0.25, -0.2) is 0 Å². The van der Waals surface area contributed by atoms with Crippen LogP contribution in [0.3, 0.4) is 0 Å². The Kier molecular flexibility index (Phi) is 4.51. The molecule has 3 heteroatoms. The number of benzene rings is 1. The number of aryl methyl sites for hydroxylation is 2. The van der Waals surface area contributed by atoms with Gasteiger partial charge in [0, 0.05) is 17.0 Å². The van der Waals surface area contributed by atoms with Crippen LogP contribution >= 0.6 is 0 Å². The van der Waals surface area contributed by atoms with E-state index in [1.54, 1.807) is 6.07 Å². The van der Waals surface area contributed by atoms with Crippen LogP contribution in [0.5, 0.6) is 5.75 Å². The molecule has 0 aliphatic carbocycles. The van der Waals surface area contributed by atoms with E-state index in [1.807, 2.05) is 51.1 Å². The molecular weight excluding hydrogens is 250 g/mol. The zero-order valence-corrected chi connectivity index (χ0v) is 12.1. The van der Waals surface area contributed by atoms with Crippen molar-refractivity contribution in [2.24, 2.45) is 0 Å². The minimum absolute atomic E-state index is 0.0401. The van der Waals surface area contributed by atoms with Crippen LogP contribution in [0, 0.1) is 13.8 Å². The van der Waals surface area contributed by atoms with Crippen LogP contribution in [0.25, 0.3) is 0 Å². The molecule has 0 amide bonds. The third-order valence-electron chi connectivity index (χ3n) is 3.06. The molecule has 1 aromatic heterocycles. The lowest BCUT2D eigenvalue weighted by molar-refractivity contribution is 0.103. The van der Waals surface area contributed by atoms with Crippen molar-refractivity contribution in [3.63, 3.8) is 0 Å². The molecule has 20 heavy (non-hydrogen) atoms. The molecule has 0 unspecified atom stereocenters. The van der Waals surface area contributed by atoms with Gasteiger partial charge in [0.05, 0.1) is 12.2 Å². The number of hydrogen-bond donors (Lipinski definition) is 0. The molecule has 104 valence electrons. The van der Waals surface area contributed by atoms with E-state index in [2.05, 4.69) is 4.98 Å². The summed E-state index contributed by atoms with van der Waals surface area (Å²) in [4.78, 5) is 17.0. The van der Waals surface area contributed by atoms with E-state index in [4.69, 9.17) is 4.74 Å². The molecule has 2 rings (SSSR count). The summed E-state index contributed by atoms with van der Waals surface area (Å²) in [6.45, 7) is 6.42. The third-order valence-corrected chi connectivity index (χ3v) is 3.06. The quantitative estimate of drug-likeness (QED) is 0.777. The standard InChI is InChI=1S/C17H19NO2/c1-4-11-20-16-8-6-5-7-15(16)17(19)14-10-9-12(2)18-13(14)3/h5-10H,4,11H2,1-3H3. The molecule has 3 nitrogen and oxygen atoms in total. The molecule has 0 spiro atoms. The number of pyridine rings is 1. The van der Waals surface area contributed by atoms with Gasteiger partial charge < -0.3 is 4.74 Å². The minimum atomic E-state index is -0.0401. The average molecular weight is 269 g/mol. The number of ether oxygens (including phenoxy) is 1. The van der Waals surface area contributed by atoms with Crippen LogP contribution in [0.15, 0.2) is 36.4 Å². The Bertz CT molecular complexity index is 620. The van der Waals surface area contributed by atoms with Gasteiger partial charge >= 0.3 is 0 Å². The van der Waals surface area contributed by atoms with Crippen molar-refractivity contribution < 1.29 is 9.53 Å². The summed E-state index contributed by atoms with van der Waals surface area (Å²) in [6.07, 6.45) is 0.910. The fourth-order valence-corrected chi connectivity index (χ4v) is 2.06. The molecule has 0 aliphatic heterocycles. The first kappa shape index (κ1) is 14.3. The number of hydrogen-bond acceptors (Lipinski definition) is 3. The van der Waals surface area contributed by atoms with Crippen molar-refractivity contribution in [1.82, 2.24) is 4.98 Å². The van der Waals surface area contributed by atoms with Crippen LogP contribution in [-0.2, 0) is 0 Å². The topological polar surface area (TPSA) is 39.2 Å². The first-order valence-electron chi connectivity index (χ1n) is 6.84. The summed E-state index contributed by atoms with van der Waals surface area (Å²) in [5, 5.41) is 0. The van der Waals surface area contributed by atoms with E-state index in [9.17, 15) is 4.79 Å². The molecule has 0 fully saturated rings. The van der Waals surface area contributed by atoms with Crippen molar-refractivity contribution >= 4 is 5.78 Å². The van der Waals surface area contributed by atoms with E-state index in [-0.39, 0.29) is 5.78 Å². The zero-order chi connectivity index (χ0) is 14.5. The van der Waals surface area contributed by atoms with Crippen LogP contribution in [-0.4, -0.2) is 17.4 Å². The second-order valence-electron chi connectivity index (χ2n) is 4.76. The summed E-state index contributed by atoms with van der Waals surface area (Å²) < 4.78 is 5.65. The van der Waals surface area contributed by atoms with E-state index in [0.717, 1.165) is 17.8 Å². The molecule has 1 aromatic carbocycles. The van der Waals surface area contributed by atoms with E-state index < -0.39 is 0 Å². The Morgan fingerprint density at radius 3 is 2.55 bits per heavy atom. The summed E-state index contributed by atoms with van der Waals surface area (Å²) >= 11 is 0. The van der Waals surface area contributed by atoms with Crippen LogP contribution in [0.4, 0.5) is 0 Å². The highest BCUT2D eigenvalue weighted by molar-refractivity contribution is 6.11. The van der Waals surface area contributed by atoms with Gasteiger partial charge in [0.25, 0.3) is 0 Å². The van der Waals surface area contributed by atoms with Crippen molar-refractivity contribution in [3.8, 4) is 5.75 Å². The summed E-state index contributed by atoms with van der Waals surface area (Å²) in [7, 11) is 0. The number of para-hydroxylation sites is 1. The lowest BCUT2D eigenvalue weighted by atomic mass is 10.0. The lowest BCUT2D eigenvalue weighted by Gasteiger charge is -2.11. The van der Waals surface area contributed by atoms with E-state index in [1.165, 1.54) is 0 Å². The van der Waals surface area contributed by atoms with Crippen LogP contribution in [0.1, 0.15) is 40.7 Å². The van der Waals surface area contributed by atoms with E-state index >= 15 is 0 Å². The monoisotopic (exact) mass is 269 g/mol. The second-order valence-corrected chi connectivity index (χ2v) is 4.76. The summed E-state index contributed by atoms with van der Waals surface area (Å²) in [5.74, 6) is 0.598. The highest BCUT2D eigenvalue weighted by atomic mass is 16.5. The molecular formula is C17H19NO2. The van der Waals surface area contributed by atoms with Gasteiger partial charge in [0.2, 0.25) is 0 Å². The molecule has 0 bridgehead atoms. The molecule has 2 aromatic rings. The maximum atomic E-state index is 12.6. The fraction of sp³-hybridized carbons (Fsp3) is 0.294. The predicted molar refractivity (Wildman–Crippen MR) is 79.4 cm³/mol. The lowest BCUT2D eigenvalue weighted by Crippen LogP contribution is -2.08. The number of rotatable bonds is 5. The molecule has 0 aliphatic rings. The Labute approximate surface area is 119 Å². The Balaban J connectivity index is 2.38. The molecule has 0 saturated heterocycles. The Morgan fingerprint density at radius 1 is 1.10 bits per heavy atom. The first-order chi connectivity index (χ1) is 9.63. The number of ketones is 1. The predicted octanol–water partition coefficient (Wildman–Crippen LogP) is 3.72. The van der Waals surface area contributed by atoms with Crippen LogP contribution < -0.4 is 4.74 Å². The van der Waals surface area contributed by atoms with Gasteiger partial charge in [-0.3, -0.25) is 9.78 Å². The second kappa shape index (κ2) is 6.33. The van der Waals surface area contributed by atoms with Gasteiger partial charge in [0.1, 0.15) is 5.75 Å². The normalized spacial score (nSPS) is 10.3. The van der Waals surface area contributed by atoms with Gasteiger partial charge in [-0.05, 0) is 44.5 Å². The number of carbonyl (C=O) groups excluding carboxylic acids is 1. The van der Waals surface area contributed by atoms with Gasteiger partial charge in [-0.2, -0.15) is 0 Å². The molecule has 0 N–H and O–H groups in total. The van der Waals surface area contributed by atoms with Crippen molar-refractivity contribution in [1.29, 1.82) is 0 Å². The fourth-order valence-electron chi connectivity index (χ4n) is 2.06. The Morgan fingerprint density at radius 2 is 1.85 bits per heavy atom. The number of carbonyl (C=O) groups is 1. The van der Waals surface area contributed by atoms with E-state index in [0.29, 0.717) is 23.5 Å². The summed E-state index contributed by atoms with van der Waals surface area (Å²) in [5.41, 5.74) is 2.88. The molecule has 0 atom stereocenters. The Hall–Kier alpha value is -2.16. The molecule has 1 heterocycles. The molecule has 0 saturated carbocycles. The van der Waals surface area contributed by atoms with Gasteiger partial charge in [-0.1, -0.05) is 19.1 Å².